The van der Waals surface area contributed by atoms with Gasteiger partial charge in [0.05, 0.1) is 27.8 Å². The lowest BCUT2D eigenvalue weighted by Crippen LogP contribution is -2.74. The number of fused-ring (bicyclic) bond motifs is 9. The Morgan fingerprint density at radius 1 is 0.328 bits per heavy atom. The summed E-state index contributed by atoms with van der Waals surface area (Å²) in [5.41, 5.74) is 11.1. The molecule has 0 saturated heterocycles. The fourth-order valence-corrected chi connectivity index (χ4v) is 15.8. The lowest BCUT2D eigenvalue weighted by molar-refractivity contribution is 0.671. The average molecular weight is 833 g/mol. The SMILES string of the molecule is c1ccc(-n2c3ccccc3c3c(-n4c5ccccc5c5cccc(-c6ccc([Si](c7ccccc7)(c7ccccc7)c7ccccc7)c7oc8ccccc8c67)c54)cccc32)cc1. The third-order valence-corrected chi connectivity index (χ3v) is 18.3. The fraction of sp³-hybridized carbons (Fsp3) is 0. The molecule has 0 spiro atoms. The monoisotopic (exact) mass is 832 g/mol. The number of hydrogen-bond acceptors (Lipinski definition) is 1. The van der Waals surface area contributed by atoms with Crippen LogP contribution in [-0.4, -0.2) is 17.2 Å². The molecule has 3 nitrogen and oxygen atoms in total. The highest BCUT2D eigenvalue weighted by Crippen LogP contribution is 2.45. The minimum Gasteiger partial charge on any atom is -0.456 e. The molecule has 0 fully saturated rings. The van der Waals surface area contributed by atoms with Crippen molar-refractivity contribution in [3.63, 3.8) is 0 Å². The first-order valence-corrected chi connectivity index (χ1v) is 24.0. The van der Waals surface area contributed by atoms with E-state index in [1.54, 1.807) is 0 Å². The Morgan fingerprint density at radius 3 is 1.52 bits per heavy atom. The number of furan rings is 1. The first-order valence-electron chi connectivity index (χ1n) is 22.0. The Hall–Kier alpha value is -8.18. The summed E-state index contributed by atoms with van der Waals surface area (Å²) in [5.74, 6) is 0. The molecule has 0 atom stereocenters. The van der Waals surface area contributed by atoms with Crippen LogP contribution in [0.15, 0.2) is 247 Å². The molecule has 0 radical (unpaired) electrons. The zero-order valence-electron chi connectivity index (χ0n) is 34.9. The molecular formula is C60H40N2OSi. The first-order chi connectivity index (χ1) is 31.8. The molecule has 3 heterocycles. The van der Waals surface area contributed by atoms with Gasteiger partial charge in [-0.15, -0.1) is 0 Å². The van der Waals surface area contributed by atoms with Gasteiger partial charge in [0.1, 0.15) is 11.2 Å². The van der Waals surface area contributed by atoms with Crippen LogP contribution in [0.3, 0.4) is 0 Å². The van der Waals surface area contributed by atoms with Crippen LogP contribution in [-0.2, 0) is 0 Å². The summed E-state index contributed by atoms with van der Waals surface area (Å²) in [6.07, 6.45) is 0. The van der Waals surface area contributed by atoms with Crippen LogP contribution in [0.1, 0.15) is 0 Å². The van der Waals surface area contributed by atoms with E-state index in [1.165, 1.54) is 64.4 Å². The smallest absolute Gasteiger partial charge is 0.184 e. The molecule has 0 unspecified atom stereocenters. The quantitative estimate of drug-likeness (QED) is 0.116. The van der Waals surface area contributed by atoms with Crippen molar-refractivity contribution in [3.8, 4) is 22.5 Å². The van der Waals surface area contributed by atoms with Crippen molar-refractivity contribution in [2.75, 3.05) is 0 Å². The Bertz CT molecular complexity index is 3790. The van der Waals surface area contributed by atoms with Crippen molar-refractivity contribution < 1.29 is 4.42 Å². The largest absolute Gasteiger partial charge is 0.456 e. The van der Waals surface area contributed by atoms with Gasteiger partial charge in [-0.25, -0.2) is 0 Å². The lowest BCUT2D eigenvalue weighted by atomic mass is 9.97. The third kappa shape index (κ3) is 5.21. The van der Waals surface area contributed by atoms with Gasteiger partial charge in [-0.05, 0) is 68.8 Å². The minimum atomic E-state index is -2.98. The highest BCUT2D eigenvalue weighted by molar-refractivity contribution is 7.20. The number of para-hydroxylation sites is 5. The van der Waals surface area contributed by atoms with Gasteiger partial charge in [-0.1, -0.05) is 200 Å². The average Bonchev–Trinajstić information content (AvgIpc) is 4.04. The van der Waals surface area contributed by atoms with Gasteiger partial charge < -0.3 is 13.6 Å². The third-order valence-electron chi connectivity index (χ3n) is 13.5. The van der Waals surface area contributed by atoms with Gasteiger partial charge in [0.25, 0.3) is 0 Å². The maximum atomic E-state index is 7.28. The standard InChI is InChI=1S/C60H40N2OSi/c1-5-21-41(22-6-1)61-52-35-17-14-30-49(52)58-53(61)36-20-37-54(58)62-51-34-16-13-29-45(51)47-32-19-33-48(59(47)62)46-39-40-56(60-57(46)50-31-15-18-38-55(50)63-60)64(42-23-7-2-8-24-42,43-25-9-3-10-26-43)44-27-11-4-12-28-44/h1-40H. The number of benzene rings is 10. The van der Waals surface area contributed by atoms with E-state index in [2.05, 4.69) is 252 Å². The van der Waals surface area contributed by atoms with E-state index in [9.17, 15) is 0 Å². The van der Waals surface area contributed by atoms with E-state index >= 15 is 0 Å². The molecule has 0 aliphatic heterocycles. The van der Waals surface area contributed by atoms with Crippen molar-refractivity contribution in [2.45, 2.75) is 0 Å². The lowest BCUT2D eigenvalue weighted by Gasteiger charge is -2.34. The predicted molar refractivity (Wildman–Crippen MR) is 271 cm³/mol. The van der Waals surface area contributed by atoms with Crippen molar-refractivity contribution in [3.05, 3.63) is 243 Å². The van der Waals surface area contributed by atoms with Crippen LogP contribution in [0.25, 0.3) is 88.1 Å². The molecule has 0 aliphatic carbocycles. The molecule has 3 aromatic heterocycles. The summed E-state index contributed by atoms with van der Waals surface area (Å²) in [7, 11) is -2.98. The topological polar surface area (TPSA) is 23.0 Å². The summed E-state index contributed by atoms with van der Waals surface area (Å²) in [4.78, 5) is 0. The molecule has 64 heavy (non-hydrogen) atoms. The fourth-order valence-electron chi connectivity index (χ4n) is 10.9. The van der Waals surface area contributed by atoms with Gasteiger partial charge >= 0.3 is 0 Å². The second-order valence-corrected chi connectivity index (χ2v) is 20.5. The number of aromatic nitrogens is 2. The second kappa shape index (κ2) is 14.5. The molecule has 0 amide bonds. The van der Waals surface area contributed by atoms with Crippen LogP contribution in [0, 0.1) is 0 Å². The van der Waals surface area contributed by atoms with Gasteiger partial charge in [0.15, 0.2) is 8.07 Å². The molecule has 10 aromatic carbocycles. The highest BCUT2D eigenvalue weighted by atomic mass is 28.3. The zero-order valence-corrected chi connectivity index (χ0v) is 35.9. The van der Waals surface area contributed by atoms with Crippen molar-refractivity contribution in [1.29, 1.82) is 0 Å². The minimum absolute atomic E-state index is 0.884. The number of nitrogens with zero attached hydrogens (tertiary/aromatic N) is 2. The summed E-state index contributed by atoms with van der Waals surface area (Å²) in [6, 6.07) is 88.9. The van der Waals surface area contributed by atoms with Crippen LogP contribution in [0.5, 0.6) is 0 Å². The first kappa shape index (κ1) is 36.5. The molecule has 300 valence electrons. The predicted octanol–water partition coefficient (Wildman–Crippen LogP) is 12.8. The molecule has 4 heteroatoms. The summed E-state index contributed by atoms with van der Waals surface area (Å²) < 4.78 is 12.2. The Kier molecular flexibility index (Phi) is 8.23. The Labute approximate surface area is 371 Å². The van der Waals surface area contributed by atoms with E-state index in [0.717, 1.165) is 44.4 Å². The Balaban J connectivity index is 1.17. The highest BCUT2D eigenvalue weighted by Gasteiger charge is 2.44. The maximum absolute atomic E-state index is 7.28. The van der Waals surface area contributed by atoms with Gasteiger partial charge in [0, 0.05) is 43.6 Å². The zero-order chi connectivity index (χ0) is 42.2. The van der Waals surface area contributed by atoms with Crippen molar-refractivity contribution >= 4 is 94.4 Å². The molecule has 0 saturated carbocycles. The van der Waals surface area contributed by atoms with E-state index in [4.69, 9.17) is 4.42 Å². The van der Waals surface area contributed by atoms with Crippen LogP contribution < -0.4 is 20.7 Å². The Morgan fingerprint density at radius 2 is 0.844 bits per heavy atom. The molecule has 0 aliphatic rings. The number of hydrogen-bond donors (Lipinski definition) is 0. The molecular weight excluding hydrogens is 793 g/mol. The summed E-state index contributed by atoms with van der Waals surface area (Å²) in [5, 5.41) is 12.3. The van der Waals surface area contributed by atoms with E-state index in [-0.39, 0.29) is 0 Å². The molecule has 13 rings (SSSR count). The van der Waals surface area contributed by atoms with Crippen LogP contribution in [0.2, 0.25) is 0 Å². The normalized spacial score (nSPS) is 12.1. The van der Waals surface area contributed by atoms with Crippen LogP contribution >= 0.6 is 0 Å². The molecule has 0 N–H and O–H groups in total. The summed E-state index contributed by atoms with van der Waals surface area (Å²) >= 11 is 0. The van der Waals surface area contributed by atoms with E-state index < -0.39 is 8.07 Å². The van der Waals surface area contributed by atoms with Crippen molar-refractivity contribution in [2.24, 2.45) is 0 Å². The maximum Gasteiger partial charge on any atom is 0.184 e. The van der Waals surface area contributed by atoms with Gasteiger partial charge in [-0.2, -0.15) is 0 Å². The van der Waals surface area contributed by atoms with Gasteiger partial charge in [0.2, 0.25) is 0 Å². The van der Waals surface area contributed by atoms with Crippen LogP contribution in [0.4, 0.5) is 0 Å². The van der Waals surface area contributed by atoms with E-state index in [1.807, 2.05) is 0 Å². The second-order valence-electron chi connectivity index (χ2n) is 16.7. The molecule has 0 bridgehead atoms. The van der Waals surface area contributed by atoms with Crippen molar-refractivity contribution in [1.82, 2.24) is 9.13 Å². The van der Waals surface area contributed by atoms with Gasteiger partial charge in [-0.3, -0.25) is 0 Å². The number of rotatable bonds is 7. The summed E-state index contributed by atoms with van der Waals surface area (Å²) in [6.45, 7) is 0. The van der Waals surface area contributed by atoms with E-state index in [0.29, 0.717) is 0 Å². The molecule has 13 aromatic rings.